The molecule has 9 nitrogen and oxygen atoms in total. The molecule has 0 radical (unpaired) electrons. The van der Waals surface area contributed by atoms with Crippen LogP contribution in [0.25, 0.3) is 0 Å². The van der Waals surface area contributed by atoms with Crippen LogP contribution in [-0.4, -0.2) is 36.1 Å². The number of hydrogen-bond donors (Lipinski definition) is 1. The van der Waals surface area contributed by atoms with Crippen molar-refractivity contribution < 1.29 is 28.7 Å². The van der Waals surface area contributed by atoms with E-state index in [1.807, 2.05) is 0 Å². The van der Waals surface area contributed by atoms with E-state index in [0.717, 1.165) is 6.07 Å². The summed E-state index contributed by atoms with van der Waals surface area (Å²) in [6, 6.07) is 8.38. The maximum Gasteiger partial charge on any atom is 0.339 e. The van der Waals surface area contributed by atoms with E-state index in [0.29, 0.717) is 30.4 Å². The Hall–Kier alpha value is -3.33. The first kappa shape index (κ1) is 19.4. The normalized spacial score (nSPS) is 13.4. The van der Waals surface area contributed by atoms with Crippen LogP contribution in [0.15, 0.2) is 36.4 Å². The third-order valence-electron chi connectivity index (χ3n) is 3.84. The molecular weight excluding hydrogens is 392 g/mol. The summed E-state index contributed by atoms with van der Waals surface area (Å²) in [5.74, 6) is -0.381. The second-order valence-corrected chi connectivity index (χ2v) is 6.23. The standard InChI is InChI=1S/C18H15ClN2O7/c1-10(28-18(23)11-2-4-13(19)14(8-11)21(24)25)17(22)20-12-3-5-15-16(9-12)27-7-6-26-15/h2-5,8-10H,6-7H2,1H3,(H,20,22). The zero-order chi connectivity index (χ0) is 20.3. The van der Waals surface area contributed by atoms with Crippen LogP contribution in [0.4, 0.5) is 11.4 Å². The molecule has 0 aromatic heterocycles. The highest BCUT2D eigenvalue weighted by Gasteiger charge is 2.22. The van der Waals surface area contributed by atoms with Gasteiger partial charge in [0.05, 0.1) is 10.5 Å². The van der Waals surface area contributed by atoms with Gasteiger partial charge in [0.1, 0.15) is 18.2 Å². The van der Waals surface area contributed by atoms with Crippen LogP contribution in [0, 0.1) is 10.1 Å². The van der Waals surface area contributed by atoms with Gasteiger partial charge in [0.2, 0.25) is 0 Å². The molecule has 1 aliphatic heterocycles. The molecule has 1 aliphatic rings. The predicted molar refractivity (Wildman–Crippen MR) is 99.0 cm³/mol. The lowest BCUT2D eigenvalue weighted by Crippen LogP contribution is -2.30. The van der Waals surface area contributed by atoms with Crippen molar-refractivity contribution in [2.75, 3.05) is 18.5 Å². The van der Waals surface area contributed by atoms with E-state index in [1.54, 1.807) is 18.2 Å². The third kappa shape index (κ3) is 4.32. The summed E-state index contributed by atoms with van der Waals surface area (Å²) in [6.07, 6.45) is -1.14. The summed E-state index contributed by atoms with van der Waals surface area (Å²) in [4.78, 5) is 34.7. The predicted octanol–water partition coefficient (Wildman–Crippen LogP) is 3.20. The van der Waals surface area contributed by atoms with Gasteiger partial charge in [-0.2, -0.15) is 0 Å². The van der Waals surface area contributed by atoms with Crippen LogP contribution in [0.3, 0.4) is 0 Å². The molecule has 1 amide bonds. The van der Waals surface area contributed by atoms with E-state index < -0.39 is 28.6 Å². The summed E-state index contributed by atoms with van der Waals surface area (Å²) in [7, 11) is 0. The van der Waals surface area contributed by atoms with Crippen LogP contribution >= 0.6 is 11.6 Å². The number of nitro groups is 1. The van der Waals surface area contributed by atoms with E-state index in [2.05, 4.69) is 5.32 Å². The van der Waals surface area contributed by atoms with Crippen molar-refractivity contribution in [2.45, 2.75) is 13.0 Å². The molecule has 0 fully saturated rings. The molecule has 146 valence electrons. The highest BCUT2D eigenvalue weighted by atomic mass is 35.5. The first-order chi connectivity index (χ1) is 13.3. The van der Waals surface area contributed by atoms with Gasteiger partial charge in [0.25, 0.3) is 11.6 Å². The highest BCUT2D eigenvalue weighted by Crippen LogP contribution is 2.32. The van der Waals surface area contributed by atoms with E-state index in [1.165, 1.54) is 19.1 Å². The average molecular weight is 407 g/mol. The molecule has 1 unspecified atom stereocenters. The molecule has 3 rings (SSSR count). The minimum Gasteiger partial charge on any atom is -0.486 e. The summed E-state index contributed by atoms with van der Waals surface area (Å²) in [6.45, 7) is 2.25. The first-order valence-corrected chi connectivity index (χ1v) is 8.58. The summed E-state index contributed by atoms with van der Waals surface area (Å²) in [5.41, 5.74) is -0.0705. The van der Waals surface area contributed by atoms with Gasteiger partial charge >= 0.3 is 5.97 Å². The molecule has 1 N–H and O–H groups in total. The van der Waals surface area contributed by atoms with Crippen molar-refractivity contribution >= 4 is 34.9 Å². The number of nitro benzene ring substituents is 1. The SMILES string of the molecule is CC(OC(=O)c1ccc(Cl)c([N+](=O)[O-])c1)C(=O)Nc1ccc2c(c1)OCCO2. The van der Waals surface area contributed by atoms with Gasteiger partial charge in [-0.05, 0) is 31.2 Å². The van der Waals surface area contributed by atoms with E-state index in [9.17, 15) is 19.7 Å². The molecule has 1 heterocycles. The lowest BCUT2D eigenvalue weighted by molar-refractivity contribution is -0.384. The smallest absolute Gasteiger partial charge is 0.339 e. The monoisotopic (exact) mass is 406 g/mol. The molecule has 0 saturated carbocycles. The van der Waals surface area contributed by atoms with Crippen LogP contribution in [0.1, 0.15) is 17.3 Å². The Balaban J connectivity index is 1.65. The zero-order valence-corrected chi connectivity index (χ0v) is 15.4. The van der Waals surface area contributed by atoms with Crippen molar-refractivity contribution in [1.82, 2.24) is 0 Å². The number of fused-ring (bicyclic) bond motifs is 1. The van der Waals surface area contributed by atoms with E-state index in [4.69, 9.17) is 25.8 Å². The van der Waals surface area contributed by atoms with Crippen LogP contribution in [0.2, 0.25) is 5.02 Å². The number of amides is 1. The molecule has 0 aliphatic carbocycles. The first-order valence-electron chi connectivity index (χ1n) is 8.20. The second-order valence-electron chi connectivity index (χ2n) is 5.82. The number of halogens is 1. The quantitative estimate of drug-likeness (QED) is 0.460. The van der Waals surface area contributed by atoms with Crippen LogP contribution in [0.5, 0.6) is 11.5 Å². The summed E-state index contributed by atoms with van der Waals surface area (Å²) in [5, 5.41) is 13.4. The van der Waals surface area contributed by atoms with Gasteiger partial charge in [-0.15, -0.1) is 0 Å². The number of esters is 1. The Labute approximate surface area is 164 Å². The average Bonchev–Trinajstić information content (AvgIpc) is 2.67. The number of hydrogen-bond acceptors (Lipinski definition) is 7. The highest BCUT2D eigenvalue weighted by molar-refractivity contribution is 6.32. The van der Waals surface area contributed by atoms with Gasteiger partial charge in [-0.25, -0.2) is 4.79 Å². The van der Waals surface area contributed by atoms with Crippen LogP contribution < -0.4 is 14.8 Å². The van der Waals surface area contributed by atoms with Crippen molar-refractivity contribution in [3.8, 4) is 11.5 Å². The molecule has 0 saturated heterocycles. The fourth-order valence-corrected chi connectivity index (χ4v) is 2.61. The van der Waals surface area contributed by atoms with Gasteiger partial charge in [0.15, 0.2) is 17.6 Å². The number of rotatable bonds is 5. The lowest BCUT2D eigenvalue weighted by atomic mass is 10.2. The van der Waals surface area contributed by atoms with Gasteiger partial charge in [-0.3, -0.25) is 14.9 Å². The third-order valence-corrected chi connectivity index (χ3v) is 4.16. The Morgan fingerprint density at radius 1 is 1.18 bits per heavy atom. The Bertz CT molecular complexity index is 948. The molecule has 2 aromatic carbocycles. The Morgan fingerprint density at radius 2 is 1.89 bits per heavy atom. The number of nitrogens with one attached hydrogen (secondary N) is 1. The van der Waals surface area contributed by atoms with E-state index >= 15 is 0 Å². The van der Waals surface area contributed by atoms with E-state index in [-0.39, 0.29) is 10.6 Å². The maximum absolute atomic E-state index is 12.3. The van der Waals surface area contributed by atoms with Crippen molar-refractivity contribution in [3.05, 3.63) is 57.1 Å². The molecule has 28 heavy (non-hydrogen) atoms. The number of carbonyl (C=O) groups excluding carboxylic acids is 2. The van der Waals surface area contributed by atoms with Crippen molar-refractivity contribution in [3.63, 3.8) is 0 Å². The van der Waals surface area contributed by atoms with Crippen molar-refractivity contribution in [2.24, 2.45) is 0 Å². The summed E-state index contributed by atoms with van der Waals surface area (Å²) >= 11 is 5.72. The molecule has 0 bridgehead atoms. The van der Waals surface area contributed by atoms with Gasteiger partial charge in [0, 0.05) is 17.8 Å². The fraction of sp³-hybridized carbons (Fsp3) is 0.222. The molecule has 0 spiro atoms. The largest absolute Gasteiger partial charge is 0.486 e. The summed E-state index contributed by atoms with van der Waals surface area (Å²) < 4.78 is 15.9. The lowest BCUT2D eigenvalue weighted by Gasteiger charge is -2.19. The second kappa shape index (κ2) is 8.13. The minimum absolute atomic E-state index is 0.0879. The molecule has 1 atom stereocenters. The number of anilines is 1. The number of benzene rings is 2. The Morgan fingerprint density at radius 3 is 2.61 bits per heavy atom. The van der Waals surface area contributed by atoms with Crippen molar-refractivity contribution in [1.29, 1.82) is 0 Å². The fourth-order valence-electron chi connectivity index (χ4n) is 2.43. The number of carbonyl (C=O) groups is 2. The van der Waals surface area contributed by atoms with Crippen LogP contribution in [-0.2, 0) is 9.53 Å². The number of nitrogens with zero attached hydrogens (tertiary/aromatic N) is 1. The Kier molecular flexibility index (Phi) is 5.65. The van der Waals surface area contributed by atoms with Gasteiger partial charge < -0.3 is 19.5 Å². The molecule has 10 heteroatoms. The van der Waals surface area contributed by atoms with Gasteiger partial charge in [-0.1, -0.05) is 11.6 Å². The minimum atomic E-state index is -1.14. The maximum atomic E-state index is 12.3. The molecular formula is C18H15ClN2O7. The zero-order valence-electron chi connectivity index (χ0n) is 14.6. The molecule has 2 aromatic rings. The topological polar surface area (TPSA) is 117 Å². The number of ether oxygens (including phenoxy) is 3.